The molecule has 0 aliphatic carbocycles. The number of likely N-dealkylation sites (N-methyl/N-ethyl adjacent to an activating group) is 1. The zero-order valence-corrected chi connectivity index (χ0v) is 13.4. The molecule has 23 heavy (non-hydrogen) atoms. The molecule has 3 aromatic heterocycles. The number of imidazole rings is 1. The summed E-state index contributed by atoms with van der Waals surface area (Å²) in [5.74, 6) is 0.980. The van der Waals surface area contributed by atoms with E-state index in [1.165, 1.54) is 5.69 Å². The van der Waals surface area contributed by atoms with E-state index >= 15 is 0 Å². The van der Waals surface area contributed by atoms with Crippen molar-refractivity contribution in [2.45, 2.75) is 12.5 Å². The van der Waals surface area contributed by atoms with Gasteiger partial charge in [0.25, 0.3) is 0 Å². The molecule has 1 saturated heterocycles. The molecule has 0 bridgehead atoms. The second kappa shape index (κ2) is 5.62. The van der Waals surface area contributed by atoms with Crippen LogP contribution < -0.4 is 4.90 Å². The molecule has 0 spiro atoms. The van der Waals surface area contributed by atoms with Gasteiger partial charge in [0.1, 0.15) is 12.1 Å². The largest absolute Gasteiger partial charge is 0.352 e. The molecule has 0 saturated carbocycles. The maximum Gasteiger partial charge on any atom is 0.177 e. The average molecular weight is 312 g/mol. The Morgan fingerprint density at radius 2 is 2.13 bits per heavy atom. The summed E-state index contributed by atoms with van der Waals surface area (Å²) in [7, 11) is 4.23. The fourth-order valence-electron chi connectivity index (χ4n) is 2.91. The molecule has 1 aliphatic rings. The third-order valence-electron chi connectivity index (χ3n) is 4.59. The zero-order chi connectivity index (χ0) is 15.8. The molecule has 1 fully saturated rings. The fraction of sp³-hybridized carbons (Fsp3) is 0.467. The molecule has 3 aromatic rings. The van der Waals surface area contributed by atoms with Crippen LogP contribution in [0.15, 0.2) is 31.0 Å². The first-order valence-corrected chi connectivity index (χ1v) is 7.78. The summed E-state index contributed by atoms with van der Waals surface area (Å²) >= 11 is 0. The first kappa shape index (κ1) is 14.1. The first-order chi connectivity index (χ1) is 11.2. The molecule has 0 unspecified atom stereocenters. The fourth-order valence-corrected chi connectivity index (χ4v) is 2.91. The van der Waals surface area contributed by atoms with E-state index in [4.69, 9.17) is 0 Å². The second-order valence-corrected chi connectivity index (χ2v) is 6.11. The smallest absolute Gasteiger partial charge is 0.177 e. The van der Waals surface area contributed by atoms with Crippen LogP contribution in [0.3, 0.4) is 0 Å². The molecule has 4 heterocycles. The molecule has 4 rings (SSSR count). The van der Waals surface area contributed by atoms with Crippen LogP contribution in [0, 0.1) is 0 Å². The van der Waals surface area contributed by atoms with E-state index < -0.39 is 0 Å². The van der Waals surface area contributed by atoms with E-state index in [0.29, 0.717) is 6.04 Å². The number of aromatic nitrogens is 6. The Morgan fingerprint density at radius 3 is 2.91 bits per heavy atom. The normalized spacial score (nSPS) is 15.5. The number of hydrogen-bond donors (Lipinski definition) is 0. The van der Waals surface area contributed by atoms with Gasteiger partial charge in [-0.2, -0.15) is 4.52 Å². The number of hydrogen-bond acceptors (Lipinski definition) is 6. The Balaban J connectivity index is 1.32. The van der Waals surface area contributed by atoms with Crippen LogP contribution in [0.1, 0.15) is 5.69 Å². The van der Waals surface area contributed by atoms with Crippen molar-refractivity contribution in [1.29, 1.82) is 0 Å². The van der Waals surface area contributed by atoms with E-state index in [2.05, 4.69) is 41.7 Å². The second-order valence-electron chi connectivity index (χ2n) is 6.11. The van der Waals surface area contributed by atoms with Gasteiger partial charge < -0.3 is 9.47 Å². The average Bonchev–Trinajstić information content (AvgIpc) is 3.11. The summed E-state index contributed by atoms with van der Waals surface area (Å²) in [6.07, 6.45) is 6.46. The lowest BCUT2D eigenvalue weighted by atomic mass is 10.1. The summed E-state index contributed by atoms with van der Waals surface area (Å²) in [5, 5.41) is 12.4. The Morgan fingerprint density at radius 1 is 1.26 bits per heavy atom. The molecule has 8 nitrogen and oxygen atoms in total. The number of anilines is 1. The third-order valence-corrected chi connectivity index (χ3v) is 4.59. The summed E-state index contributed by atoms with van der Waals surface area (Å²) < 4.78 is 3.80. The van der Waals surface area contributed by atoms with Crippen LogP contribution in [-0.2, 0) is 13.5 Å². The van der Waals surface area contributed by atoms with Crippen molar-refractivity contribution in [3.05, 3.63) is 36.7 Å². The maximum absolute atomic E-state index is 4.54. The van der Waals surface area contributed by atoms with Crippen molar-refractivity contribution in [3.8, 4) is 0 Å². The lowest BCUT2D eigenvalue weighted by Crippen LogP contribution is -2.59. The van der Waals surface area contributed by atoms with Gasteiger partial charge in [0.2, 0.25) is 0 Å². The Kier molecular flexibility index (Phi) is 3.45. The van der Waals surface area contributed by atoms with E-state index in [1.807, 2.05) is 31.7 Å². The number of rotatable bonds is 5. The van der Waals surface area contributed by atoms with Crippen molar-refractivity contribution in [2.24, 2.45) is 7.05 Å². The van der Waals surface area contributed by atoms with Crippen LogP contribution in [0.2, 0.25) is 0 Å². The lowest BCUT2D eigenvalue weighted by Gasteiger charge is -2.44. The van der Waals surface area contributed by atoms with Gasteiger partial charge in [0.05, 0.1) is 6.33 Å². The Bertz CT molecular complexity index is 801. The minimum atomic E-state index is 0.571. The van der Waals surface area contributed by atoms with Gasteiger partial charge in [-0.25, -0.2) is 4.98 Å². The SMILES string of the molecule is CN(CCc1cncn1C)C1CN(c2ccc3nncn3n2)C1. The van der Waals surface area contributed by atoms with E-state index in [1.54, 1.807) is 10.8 Å². The summed E-state index contributed by atoms with van der Waals surface area (Å²) in [6, 6.07) is 4.53. The van der Waals surface area contributed by atoms with Crippen molar-refractivity contribution in [3.63, 3.8) is 0 Å². The van der Waals surface area contributed by atoms with Crippen molar-refractivity contribution >= 4 is 11.5 Å². The molecular formula is C15H20N8. The minimum absolute atomic E-state index is 0.571. The van der Waals surface area contributed by atoms with Gasteiger partial charge >= 0.3 is 0 Å². The highest BCUT2D eigenvalue weighted by Crippen LogP contribution is 2.21. The molecule has 0 N–H and O–H groups in total. The zero-order valence-electron chi connectivity index (χ0n) is 13.4. The molecule has 0 radical (unpaired) electrons. The highest BCUT2D eigenvalue weighted by molar-refractivity contribution is 5.47. The summed E-state index contributed by atoms with van der Waals surface area (Å²) in [6.45, 7) is 3.04. The Labute approximate surface area is 134 Å². The predicted octanol–water partition coefficient (Wildman–Crippen LogP) is 0.221. The monoisotopic (exact) mass is 312 g/mol. The quantitative estimate of drug-likeness (QED) is 0.671. The molecular weight excluding hydrogens is 292 g/mol. The van der Waals surface area contributed by atoms with Crippen LogP contribution in [-0.4, -0.2) is 67.0 Å². The summed E-state index contributed by atoms with van der Waals surface area (Å²) in [4.78, 5) is 8.87. The molecule has 0 atom stereocenters. The Hall–Kier alpha value is -2.48. The molecule has 0 aromatic carbocycles. The number of aryl methyl sites for hydroxylation is 1. The first-order valence-electron chi connectivity index (χ1n) is 7.78. The van der Waals surface area contributed by atoms with E-state index in [0.717, 1.165) is 37.5 Å². The van der Waals surface area contributed by atoms with Crippen LogP contribution in [0.5, 0.6) is 0 Å². The molecule has 8 heteroatoms. The van der Waals surface area contributed by atoms with Crippen molar-refractivity contribution in [2.75, 3.05) is 31.6 Å². The predicted molar refractivity (Wildman–Crippen MR) is 86.3 cm³/mol. The lowest BCUT2D eigenvalue weighted by molar-refractivity contribution is 0.205. The van der Waals surface area contributed by atoms with Crippen molar-refractivity contribution < 1.29 is 0 Å². The van der Waals surface area contributed by atoms with E-state index in [-0.39, 0.29) is 0 Å². The topological polar surface area (TPSA) is 67.4 Å². The third kappa shape index (κ3) is 2.65. The van der Waals surface area contributed by atoms with Gasteiger partial charge in [0.15, 0.2) is 5.65 Å². The van der Waals surface area contributed by atoms with Crippen LogP contribution >= 0.6 is 0 Å². The number of nitrogens with zero attached hydrogens (tertiary/aromatic N) is 8. The van der Waals surface area contributed by atoms with Gasteiger partial charge in [-0.3, -0.25) is 4.90 Å². The van der Waals surface area contributed by atoms with Gasteiger partial charge in [-0.05, 0) is 19.2 Å². The molecule has 1 aliphatic heterocycles. The maximum atomic E-state index is 4.54. The van der Waals surface area contributed by atoms with Gasteiger partial charge in [-0.1, -0.05) is 0 Å². The van der Waals surface area contributed by atoms with E-state index in [9.17, 15) is 0 Å². The molecule has 120 valence electrons. The minimum Gasteiger partial charge on any atom is -0.352 e. The van der Waals surface area contributed by atoms with Crippen molar-refractivity contribution in [1.82, 2.24) is 34.3 Å². The number of fused-ring (bicyclic) bond motifs is 1. The summed E-state index contributed by atoms with van der Waals surface area (Å²) in [5.41, 5.74) is 2.05. The van der Waals surface area contributed by atoms with Crippen LogP contribution in [0.25, 0.3) is 5.65 Å². The highest BCUT2D eigenvalue weighted by Gasteiger charge is 2.31. The van der Waals surface area contributed by atoms with Gasteiger partial charge in [0, 0.05) is 51.0 Å². The van der Waals surface area contributed by atoms with Gasteiger partial charge in [-0.15, -0.1) is 15.3 Å². The molecule has 0 amide bonds. The highest BCUT2D eigenvalue weighted by atomic mass is 15.4. The van der Waals surface area contributed by atoms with Crippen LogP contribution in [0.4, 0.5) is 5.82 Å². The standard InChI is InChI=1S/C15H20N8/c1-20(6-5-12-7-16-10-21(12)2)13-8-22(9-13)15-4-3-14-18-17-11-23(14)19-15/h3-4,7,10-11,13H,5-6,8-9H2,1-2H3.